The molecule has 18 heavy (non-hydrogen) atoms. The van der Waals surface area contributed by atoms with Crippen molar-refractivity contribution in [3.05, 3.63) is 23.2 Å². The molecule has 2 heterocycles. The van der Waals surface area contributed by atoms with Crippen molar-refractivity contribution < 1.29 is 9.53 Å². The van der Waals surface area contributed by atoms with Crippen LogP contribution in [0.15, 0.2) is 23.2 Å². The molecule has 0 amide bonds. The molecule has 0 aliphatic heterocycles. The maximum Gasteiger partial charge on any atom is 0.307 e. The van der Waals surface area contributed by atoms with Crippen molar-refractivity contribution in [2.24, 2.45) is 0 Å². The molecule has 0 unspecified atom stereocenters. The molecule has 0 spiro atoms. The Hall–Kier alpha value is -1.63. The quantitative estimate of drug-likeness (QED) is 0.853. The Morgan fingerprint density at radius 3 is 3.22 bits per heavy atom. The molecule has 0 aliphatic rings. The van der Waals surface area contributed by atoms with E-state index >= 15 is 0 Å². The summed E-state index contributed by atoms with van der Waals surface area (Å²) in [5, 5.41) is 3.08. The molecule has 0 atom stereocenters. The number of carbonyl (C=O) groups is 1. The van der Waals surface area contributed by atoms with Gasteiger partial charge in [0.05, 0.1) is 13.0 Å². The number of halogens is 1. The number of anilines is 1. The summed E-state index contributed by atoms with van der Waals surface area (Å²) in [6, 6.07) is 0. The SMILES string of the molecule is CCOC(=O)CCNc1nc(Br)cn2ccnc12. The number of imidazole rings is 1. The first-order chi connectivity index (χ1) is 8.70. The monoisotopic (exact) mass is 312 g/mol. The number of hydrogen-bond acceptors (Lipinski definition) is 5. The van der Waals surface area contributed by atoms with Crippen molar-refractivity contribution in [1.29, 1.82) is 0 Å². The van der Waals surface area contributed by atoms with Crippen LogP contribution < -0.4 is 5.32 Å². The zero-order valence-corrected chi connectivity index (χ0v) is 11.5. The van der Waals surface area contributed by atoms with Gasteiger partial charge in [-0.15, -0.1) is 0 Å². The molecule has 0 radical (unpaired) electrons. The highest BCUT2D eigenvalue weighted by Gasteiger charge is 2.07. The van der Waals surface area contributed by atoms with E-state index in [0.29, 0.717) is 30.0 Å². The molecule has 2 rings (SSSR count). The number of rotatable bonds is 5. The van der Waals surface area contributed by atoms with Gasteiger partial charge in [-0.1, -0.05) is 0 Å². The number of nitrogens with one attached hydrogen (secondary N) is 1. The van der Waals surface area contributed by atoms with Crippen molar-refractivity contribution in [2.45, 2.75) is 13.3 Å². The van der Waals surface area contributed by atoms with Gasteiger partial charge in [0, 0.05) is 25.1 Å². The average Bonchev–Trinajstić information content (AvgIpc) is 2.77. The smallest absolute Gasteiger partial charge is 0.307 e. The number of nitrogens with zero attached hydrogens (tertiary/aromatic N) is 3. The van der Waals surface area contributed by atoms with Crippen LogP contribution in [0.2, 0.25) is 0 Å². The van der Waals surface area contributed by atoms with Crippen LogP contribution >= 0.6 is 15.9 Å². The first kappa shape index (κ1) is 12.8. The molecular weight excluding hydrogens is 300 g/mol. The van der Waals surface area contributed by atoms with Gasteiger partial charge in [-0.25, -0.2) is 9.97 Å². The summed E-state index contributed by atoms with van der Waals surface area (Å²) in [6.45, 7) is 2.65. The first-order valence-electron chi connectivity index (χ1n) is 5.59. The third-order valence-electron chi connectivity index (χ3n) is 2.27. The van der Waals surface area contributed by atoms with Crippen molar-refractivity contribution >= 4 is 33.4 Å². The largest absolute Gasteiger partial charge is 0.466 e. The van der Waals surface area contributed by atoms with Crippen LogP contribution in [-0.4, -0.2) is 33.5 Å². The predicted molar refractivity (Wildman–Crippen MR) is 70.4 cm³/mol. The standard InChI is InChI=1S/C11H13BrN4O2/c1-2-18-9(17)3-4-13-10-11-14-5-6-16(11)7-8(12)15-10/h5-7H,2-4H2,1H3,(H,13,15). The minimum Gasteiger partial charge on any atom is -0.466 e. The minimum absolute atomic E-state index is 0.223. The summed E-state index contributed by atoms with van der Waals surface area (Å²) < 4.78 is 7.40. The van der Waals surface area contributed by atoms with E-state index in [1.165, 1.54) is 0 Å². The summed E-state index contributed by atoms with van der Waals surface area (Å²) >= 11 is 3.32. The Balaban J connectivity index is 2.03. The molecular formula is C11H13BrN4O2. The Labute approximate surface area is 113 Å². The van der Waals surface area contributed by atoms with Gasteiger partial charge in [0.2, 0.25) is 0 Å². The average molecular weight is 313 g/mol. The highest BCUT2D eigenvalue weighted by molar-refractivity contribution is 9.10. The highest BCUT2D eigenvalue weighted by Crippen LogP contribution is 2.16. The zero-order chi connectivity index (χ0) is 13.0. The second kappa shape index (κ2) is 5.81. The maximum atomic E-state index is 11.2. The lowest BCUT2D eigenvalue weighted by atomic mass is 10.4. The lowest BCUT2D eigenvalue weighted by Gasteiger charge is -2.07. The minimum atomic E-state index is -0.223. The van der Waals surface area contributed by atoms with Gasteiger partial charge < -0.3 is 14.5 Å². The lowest BCUT2D eigenvalue weighted by molar-refractivity contribution is -0.142. The van der Waals surface area contributed by atoms with Gasteiger partial charge in [-0.2, -0.15) is 0 Å². The van der Waals surface area contributed by atoms with E-state index in [-0.39, 0.29) is 5.97 Å². The Morgan fingerprint density at radius 1 is 1.61 bits per heavy atom. The van der Waals surface area contributed by atoms with Gasteiger partial charge in [0.1, 0.15) is 4.60 Å². The van der Waals surface area contributed by atoms with Crippen molar-refractivity contribution in [3.63, 3.8) is 0 Å². The van der Waals surface area contributed by atoms with E-state index in [9.17, 15) is 4.79 Å². The second-order valence-electron chi connectivity index (χ2n) is 3.55. The summed E-state index contributed by atoms with van der Waals surface area (Å²) in [7, 11) is 0. The van der Waals surface area contributed by atoms with Crippen LogP contribution in [0.1, 0.15) is 13.3 Å². The fraction of sp³-hybridized carbons (Fsp3) is 0.364. The normalized spacial score (nSPS) is 10.6. The molecule has 0 saturated carbocycles. The van der Waals surface area contributed by atoms with Gasteiger partial charge in [0.25, 0.3) is 0 Å². The molecule has 96 valence electrons. The van der Waals surface area contributed by atoms with Crippen molar-refractivity contribution in [3.8, 4) is 0 Å². The first-order valence-corrected chi connectivity index (χ1v) is 6.38. The molecule has 0 bridgehead atoms. The summed E-state index contributed by atoms with van der Waals surface area (Å²) in [6.07, 6.45) is 5.64. The van der Waals surface area contributed by atoms with E-state index in [2.05, 4.69) is 31.2 Å². The molecule has 6 nitrogen and oxygen atoms in total. The van der Waals surface area contributed by atoms with Crippen LogP contribution in [0.4, 0.5) is 5.82 Å². The number of hydrogen-bond donors (Lipinski definition) is 1. The number of ether oxygens (including phenoxy) is 1. The van der Waals surface area contributed by atoms with Crippen LogP contribution in [0.3, 0.4) is 0 Å². The lowest BCUT2D eigenvalue weighted by Crippen LogP contribution is -2.12. The van der Waals surface area contributed by atoms with E-state index in [1.54, 1.807) is 13.1 Å². The van der Waals surface area contributed by atoms with Crippen LogP contribution in [-0.2, 0) is 9.53 Å². The third kappa shape index (κ3) is 2.98. The predicted octanol–water partition coefficient (Wildman–Crippen LogP) is 1.86. The van der Waals surface area contributed by atoms with E-state index in [0.717, 1.165) is 5.65 Å². The summed E-state index contributed by atoms with van der Waals surface area (Å²) in [5.41, 5.74) is 0.724. The fourth-order valence-electron chi connectivity index (χ4n) is 1.54. The molecule has 0 aliphatic carbocycles. The Kier molecular flexibility index (Phi) is 4.14. The molecule has 7 heteroatoms. The third-order valence-corrected chi connectivity index (χ3v) is 2.65. The highest BCUT2D eigenvalue weighted by atomic mass is 79.9. The fourth-order valence-corrected chi connectivity index (χ4v) is 1.93. The molecule has 0 saturated heterocycles. The molecule has 0 fully saturated rings. The number of carbonyl (C=O) groups excluding carboxylic acids is 1. The molecule has 2 aromatic heterocycles. The summed E-state index contributed by atoms with van der Waals surface area (Å²) in [5.74, 6) is 0.415. The van der Waals surface area contributed by atoms with Crippen LogP contribution in [0.25, 0.3) is 5.65 Å². The van der Waals surface area contributed by atoms with E-state index in [1.807, 2.05) is 16.8 Å². The Bertz CT molecular complexity index is 555. The van der Waals surface area contributed by atoms with Gasteiger partial charge in [0.15, 0.2) is 11.5 Å². The number of fused-ring (bicyclic) bond motifs is 1. The topological polar surface area (TPSA) is 68.5 Å². The van der Waals surface area contributed by atoms with Crippen molar-refractivity contribution in [2.75, 3.05) is 18.5 Å². The van der Waals surface area contributed by atoms with Gasteiger partial charge in [-0.05, 0) is 22.9 Å². The zero-order valence-electron chi connectivity index (χ0n) is 9.89. The van der Waals surface area contributed by atoms with E-state index < -0.39 is 0 Å². The Morgan fingerprint density at radius 2 is 2.44 bits per heavy atom. The summed E-state index contributed by atoms with van der Waals surface area (Å²) in [4.78, 5) is 19.7. The number of esters is 1. The maximum absolute atomic E-state index is 11.2. The van der Waals surface area contributed by atoms with Crippen molar-refractivity contribution in [1.82, 2.24) is 14.4 Å². The van der Waals surface area contributed by atoms with Gasteiger partial charge in [-0.3, -0.25) is 4.79 Å². The van der Waals surface area contributed by atoms with Crippen LogP contribution in [0, 0.1) is 0 Å². The number of aromatic nitrogens is 3. The molecule has 2 aromatic rings. The molecule has 1 N–H and O–H groups in total. The van der Waals surface area contributed by atoms with Crippen LogP contribution in [0.5, 0.6) is 0 Å². The molecule has 0 aromatic carbocycles. The van der Waals surface area contributed by atoms with E-state index in [4.69, 9.17) is 4.74 Å². The van der Waals surface area contributed by atoms with Gasteiger partial charge >= 0.3 is 5.97 Å². The second-order valence-corrected chi connectivity index (χ2v) is 4.36.